The second-order valence-corrected chi connectivity index (χ2v) is 10.1. The Hall–Kier alpha value is -2.18. The van der Waals surface area contributed by atoms with Crippen LogP contribution in [0.5, 0.6) is 0 Å². The van der Waals surface area contributed by atoms with E-state index in [9.17, 15) is 21.6 Å². The van der Waals surface area contributed by atoms with E-state index >= 15 is 0 Å². The molecule has 0 bridgehead atoms. The fourth-order valence-corrected chi connectivity index (χ4v) is 6.24. The molecule has 8 nitrogen and oxygen atoms in total. The number of aromatic nitrogens is 2. The van der Waals surface area contributed by atoms with Gasteiger partial charge in [0.05, 0.1) is 5.56 Å². The second-order valence-electron chi connectivity index (χ2n) is 8.21. The van der Waals surface area contributed by atoms with Gasteiger partial charge >= 0.3 is 6.18 Å². The number of pyridine rings is 1. The van der Waals surface area contributed by atoms with E-state index in [0.29, 0.717) is 43.5 Å². The third-order valence-corrected chi connectivity index (χ3v) is 8.36. The van der Waals surface area contributed by atoms with Crippen LogP contribution < -0.4 is 4.90 Å². The van der Waals surface area contributed by atoms with E-state index in [1.54, 1.807) is 13.8 Å². The third kappa shape index (κ3) is 4.48. The predicted molar refractivity (Wildman–Crippen MR) is 111 cm³/mol. The summed E-state index contributed by atoms with van der Waals surface area (Å²) in [6, 6.07) is 2.74. The molecule has 0 saturated carbocycles. The lowest BCUT2D eigenvalue weighted by Crippen LogP contribution is -2.54. The third-order valence-electron chi connectivity index (χ3n) is 6.22. The molecule has 0 amide bonds. The Morgan fingerprint density at radius 3 is 2.19 bits per heavy atom. The van der Waals surface area contributed by atoms with Gasteiger partial charge in [-0.1, -0.05) is 5.16 Å². The average Bonchev–Trinajstić information content (AvgIpc) is 3.12. The first kappa shape index (κ1) is 23.0. The van der Waals surface area contributed by atoms with E-state index in [1.807, 2.05) is 4.90 Å². The SMILES string of the molecule is Cc1noc(C)c1S(=O)(=O)N1CCC(N2CCN(c3ccc(C(F)(F)F)cn3)CC2)CC1. The molecule has 2 aliphatic heterocycles. The highest BCUT2D eigenvalue weighted by molar-refractivity contribution is 7.89. The first-order valence-corrected chi connectivity index (χ1v) is 12.0. The molecular formula is C20H26F3N5O3S. The zero-order valence-corrected chi connectivity index (χ0v) is 18.8. The smallest absolute Gasteiger partial charge is 0.360 e. The molecule has 176 valence electrons. The molecule has 2 fully saturated rings. The normalized spacial score (nSPS) is 20.1. The minimum atomic E-state index is -4.39. The highest BCUT2D eigenvalue weighted by Gasteiger charge is 2.36. The molecule has 2 aromatic rings. The zero-order chi connectivity index (χ0) is 23.1. The van der Waals surface area contributed by atoms with Gasteiger partial charge in [-0.15, -0.1) is 0 Å². The fraction of sp³-hybridized carbons (Fsp3) is 0.600. The summed E-state index contributed by atoms with van der Waals surface area (Å²) in [5.74, 6) is 0.843. The Morgan fingerprint density at radius 1 is 1.03 bits per heavy atom. The van der Waals surface area contributed by atoms with E-state index in [1.165, 1.54) is 10.4 Å². The molecule has 0 atom stereocenters. The topological polar surface area (TPSA) is 82.8 Å². The quantitative estimate of drug-likeness (QED) is 0.675. The Bertz CT molecular complexity index is 1020. The minimum Gasteiger partial charge on any atom is -0.360 e. The summed E-state index contributed by atoms with van der Waals surface area (Å²) in [6.07, 6.45) is -2.07. The van der Waals surface area contributed by atoms with Crippen molar-refractivity contribution in [2.75, 3.05) is 44.2 Å². The highest BCUT2D eigenvalue weighted by atomic mass is 32.2. The number of piperazine rings is 1. The van der Waals surface area contributed by atoms with Crippen molar-refractivity contribution in [1.29, 1.82) is 0 Å². The molecule has 0 spiro atoms. The Balaban J connectivity index is 1.31. The van der Waals surface area contributed by atoms with Crippen LogP contribution in [0.1, 0.15) is 29.9 Å². The standard InChI is InChI=1S/C20H26F3N5O3S/c1-14-19(15(2)31-25-14)32(29,30)28-7-5-17(6-8-28)26-9-11-27(12-10-26)18-4-3-16(13-24-18)20(21,22)23/h3-4,13,17H,5-12H2,1-2H3. The maximum Gasteiger partial charge on any atom is 0.417 e. The van der Waals surface area contributed by atoms with E-state index in [4.69, 9.17) is 4.52 Å². The predicted octanol–water partition coefficient (Wildman–Crippen LogP) is 2.68. The number of halogens is 3. The fourth-order valence-electron chi connectivity index (χ4n) is 4.48. The molecule has 12 heteroatoms. The Kier molecular flexibility index (Phi) is 6.21. The monoisotopic (exact) mass is 473 g/mol. The minimum absolute atomic E-state index is 0.161. The highest BCUT2D eigenvalue weighted by Crippen LogP contribution is 2.30. The van der Waals surface area contributed by atoms with Gasteiger partial charge in [-0.3, -0.25) is 4.90 Å². The lowest BCUT2D eigenvalue weighted by molar-refractivity contribution is -0.137. The molecule has 0 N–H and O–H groups in total. The summed E-state index contributed by atoms with van der Waals surface area (Å²) >= 11 is 0. The van der Waals surface area contributed by atoms with Gasteiger partial charge in [0.1, 0.15) is 16.4 Å². The largest absolute Gasteiger partial charge is 0.417 e. The van der Waals surface area contributed by atoms with E-state index in [2.05, 4.69) is 15.0 Å². The second kappa shape index (κ2) is 8.64. The van der Waals surface area contributed by atoms with Crippen molar-refractivity contribution in [2.45, 2.75) is 43.8 Å². The van der Waals surface area contributed by atoms with Crippen molar-refractivity contribution in [3.05, 3.63) is 35.3 Å². The van der Waals surface area contributed by atoms with E-state index in [0.717, 1.165) is 38.2 Å². The number of piperidine rings is 1. The molecule has 4 rings (SSSR count). The van der Waals surface area contributed by atoms with Crippen LogP contribution in [-0.2, 0) is 16.2 Å². The number of anilines is 1. The van der Waals surface area contributed by atoms with Gasteiger partial charge in [-0.05, 0) is 38.8 Å². The summed E-state index contributed by atoms with van der Waals surface area (Å²) in [5, 5.41) is 3.76. The molecule has 4 heterocycles. The number of hydrogen-bond donors (Lipinski definition) is 0. The zero-order valence-electron chi connectivity index (χ0n) is 18.0. The van der Waals surface area contributed by atoms with Crippen LogP contribution in [0.25, 0.3) is 0 Å². The van der Waals surface area contributed by atoms with Crippen LogP contribution in [-0.4, -0.2) is 73.1 Å². The number of rotatable bonds is 4. The first-order valence-electron chi connectivity index (χ1n) is 10.5. The number of nitrogens with zero attached hydrogens (tertiary/aromatic N) is 5. The molecule has 0 unspecified atom stereocenters. The van der Waals surface area contributed by atoms with Crippen molar-refractivity contribution < 1.29 is 26.1 Å². The van der Waals surface area contributed by atoms with Crippen LogP contribution in [0.15, 0.2) is 27.7 Å². The van der Waals surface area contributed by atoms with Gasteiger partial charge < -0.3 is 9.42 Å². The molecule has 0 radical (unpaired) electrons. The van der Waals surface area contributed by atoms with Gasteiger partial charge in [-0.2, -0.15) is 17.5 Å². The maximum absolute atomic E-state index is 13.0. The molecule has 0 aliphatic carbocycles. The van der Waals surface area contributed by atoms with Crippen LogP contribution in [0.3, 0.4) is 0 Å². The van der Waals surface area contributed by atoms with Gasteiger partial charge in [-0.25, -0.2) is 13.4 Å². The Labute approximate surface area is 185 Å². The van der Waals surface area contributed by atoms with Crippen LogP contribution in [0, 0.1) is 13.8 Å². The number of aryl methyl sites for hydroxylation is 2. The molecule has 2 aromatic heterocycles. The van der Waals surface area contributed by atoms with Crippen molar-refractivity contribution in [3.63, 3.8) is 0 Å². The average molecular weight is 474 g/mol. The summed E-state index contributed by atoms with van der Waals surface area (Å²) < 4.78 is 70.7. The summed E-state index contributed by atoms with van der Waals surface area (Å²) in [5.41, 5.74) is -0.379. The van der Waals surface area contributed by atoms with Gasteiger partial charge in [0, 0.05) is 51.5 Å². The van der Waals surface area contributed by atoms with Crippen LogP contribution in [0.2, 0.25) is 0 Å². The molecule has 32 heavy (non-hydrogen) atoms. The van der Waals surface area contributed by atoms with Crippen molar-refractivity contribution in [2.24, 2.45) is 0 Å². The van der Waals surface area contributed by atoms with Gasteiger partial charge in [0.25, 0.3) is 0 Å². The number of alkyl halides is 3. The molecule has 2 saturated heterocycles. The van der Waals surface area contributed by atoms with Crippen LogP contribution in [0.4, 0.5) is 19.0 Å². The summed E-state index contributed by atoms with van der Waals surface area (Å²) in [4.78, 5) is 8.46. The van der Waals surface area contributed by atoms with E-state index < -0.39 is 21.8 Å². The van der Waals surface area contributed by atoms with Gasteiger partial charge in [0.2, 0.25) is 10.0 Å². The molecular weight excluding hydrogens is 447 g/mol. The van der Waals surface area contributed by atoms with Gasteiger partial charge in [0.15, 0.2) is 5.76 Å². The van der Waals surface area contributed by atoms with Crippen molar-refractivity contribution in [1.82, 2.24) is 19.3 Å². The maximum atomic E-state index is 13.0. The summed E-state index contributed by atoms with van der Waals surface area (Å²) in [7, 11) is -3.63. The summed E-state index contributed by atoms with van der Waals surface area (Å²) in [6.45, 7) is 6.92. The van der Waals surface area contributed by atoms with Crippen molar-refractivity contribution >= 4 is 15.8 Å². The van der Waals surface area contributed by atoms with Crippen molar-refractivity contribution in [3.8, 4) is 0 Å². The lowest BCUT2D eigenvalue weighted by atomic mass is 10.0. The number of hydrogen-bond acceptors (Lipinski definition) is 7. The first-order chi connectivity index (χ1) is 15.1. The Morgan fingerprint density at radius 2 is 1.69 bits per heavy atom. The van der Waals surface area contributed by atoms with Crippen LogP contribution >= 0.6 is 0 Å². The molecule has 2 aliphatic rings. The van der Waals surface area contributed by atoms with E-state index in [-0.39, 0.29) is 10.9 Å². The lowest BCUT2D eigenvalue weighted by Gasteiger charge is -2.42. The number of sulfonamides is 1. The molecule has 0 aromatic carbocycles.